The zero-order valence-corrected chi connectivity index (χ0v) is 10.6. The summed E-state index contributed by atoms with van der Waals surface area (Å²) in [7, 11) is 0. The zero-order chi connectivity index (χ0) is 13.1. The molecule has 102 valence electrons. The molecule has 1 aromatic heterocycles. The maximum Gasteiger partial charge on any atom is 0.249 e. The molecule has 2 saturated heterocycles. The minimum absolute atomic E-state index is 0.0375. The molecule has 1 N–H and O–H groups in total. The maximum atomic E-state index is 12.9. The van der Waals surface area contributed by atoms with Crippen molar-refractivity contribution in [3.05, 3.63) is 18.1 Å². The van der Waals surface area contributed by atoms with E-state index in [9.17, 15) is 8.78 Å². The molecule has 19 heavy (non-hydrogen) atoms. The summed E-state index contributed by atoms with van der Waals surface area (Å²) in [6.45, 7) is 3.33. The van der Waals surface area contributed by atoms with Crippen LogP contribution in [0, 0.1) is 5.41 Å². The van der Waals surface area contributed by atoms with Crippen molar-refractivity contribution in [1.29, 1.82) is 0 Å². The summed E-state index contributed by atoms with van der Waals surface area (Å²) < 4.78 is 25.8. The van der Waals surface area contributed by atoms with Gasteiger partial charge in [0.05, 0.1) is 18.1 Å². The van der Waals surface area contributed by atoms with Crippen molar-refractivity contribution in [3.63, 3.8) is 0 Å². The molecule has 0 atom stereocenters. The molecule has 1 spiro atoms. The van der Waals surface area contributed by atoms with Crippen molar-refractivity contribution in [2.24, 2.45) is 5.41 Å². The largest absolute Gasteiger partial charge is 0.354 e. The number of alkyl halides is 2. The highest BCUT2D eigenvalue weighted by Gasteiger charge is 2.61. The fourth-order valence-corrected chi connectivity index (χ4v) is 3.40. The van der Waals surface area contributed by atoms with Crippen LogP contribution in [0.25, 0.3) is 0 Å². The van der Waals surface area contributed by atoms with Crippen molar-refractivity contribution in [2.45, 2.75) is 24.7 Å². The maximum absolute atomic E-state index is 12.9. The van der Waals surface area contributed by atoms with Crippen molar-refractivity contribution in [2.75, 3.05) is 31.1 Å². The highest BCUT2D eigenvalue weighted by molar-refractivity contribution is 5.42. The fraction of sp³-hybridized carbons (Fsp3) is 0.692. The van der Waals surface area contributed by atoms with Crippen molar-refractivity contribution in [3.8, 4) is 0 Å². The van der Waals surface area contributed by atoms with E-state index in [1.807, 2.05) is 11.1 Å². The first-order valence-electron chi connectivity index (χ1n) is 6.71. The number of nitrogens with zero attached hydrogens (tertiary/aromatic N) is 3. The molecular formula is C13H16F2N4. The average molecular weight is 266 g/mol. The summed E-state index contributed by atoms with van der Waals surface area (Å²) in [4.78, 5) is 10.9. The molecule has 3 heterocycles. The lowest BCUT2D eigenvalue weighted by Gasteiger charge is -2.58. The SMILES string of the molecule is FC1(F)CC2(CN(c3cnc(C4CNC4)cn3)C2)C1. The minimum atomic E-state index is -2.43. The lowest BCUT2D eigenvalue weighted by molar-refractivity contribution is -0.170. The number of halogens is 2. The van der Waals surface area contributed by atoms with Gasteiger partial charge in [0, 0.05) is 50.4 Å². The third-order valence-corrected chi connectivity index (χ3v) is 4.50. The number of rotatable bonds is 2. The van der Waals surface area contributed by atoms with Crippen LogP contribution in [0.5, 0.6) is 0 Å². The van der Waals surface area contributed by atoms with Gasteiger partial charge in [-0.1, -0.05) is 0 Å². The van der Waals surface area contributed by atoms with Crippen LogP contribution in [0.1, 0.15) is 24.5 Å². The van der Waals surface area contributed by atoms with E-state index in [1.165, 1.54) is 0 Å². The molecule has 0 bridgehead atoms. The predicted molar refractivity (Wildman–Crippen MR) is 66.5 cm³/mol. The summed E-state index contributed by atoms with van der Waals surface area (Å²) >= 11 is 0. The summed E-state index contributed by atoms with van der Waals surface area (Å²) in [5.41, 5.74) is 0.870. The van der Waals surface area contributed by atoms with Crippen LogP contribution in [0.15, 0.2) is 12.4 Å². The fourth-order valence-electron chi connectivity index (χ4n) is 3.40. The van der Waals surface area contributed by atoms with Gasteiger partial charge in [-0.25, -0.2) is 13.8 Å². The number of hydrogen-bond acceptors (Lipinski definition) is 4. The van der Waals surface area contributed by atoms with Crippen LogP contribution in [0.2, 0.25) is 0 Å². The van der Waals surface area contributed by atoms with E-state index in [4.69, 9.17) is 0 Å². The topological polar surface area (TPSA) is 41.1 Å². The third kappa shape index (κ3) is 1.81. The Morgan fingerprint density at radius 1 is 1.16 bits per heavy atom. The first-order chi connectivity index (χ1) is 9.05. The van der Waals surface area contributed by atoms with Gasteiger partial charge in [-0.3, -0.25) is 4.98 Å². The average Bonchev–Trinajstić information content (AvgIpc) is 2.21. The van der Waals surface area contributed by atoms with Crippen LogP contribution >= 0.6 is 0 Å². The third-order valence-electron chi connectivity index (χ3n) is 4.50. The second-order valence-corrected chi connectivity index (χ2v) is 6.22. The number of aromatic nitrogens is 2. The summed E-state index contributed by atoms with van der Waals surface area (Å²) in [6, 6.07) is 0. The summed E-state index contributed by atoms with van der Waals surface area (Å²) in [5, 5.41) is 3.20. The van der Waals surface area contributed by atoms with E-state index in [0.717, 1.165) is 24.6 Å². The van der Waals surface area contributed by atoms with Crippen LogP contribution in [0.4, 0.5) is 14.6 Å². The summed E-state index contributed by atoms with van der Waals surface area (Å²) in [5.74, 6) is -1.13. The Morgan fingerprint density at radius 3 is 2.37 bits per heavy atom. The molecule has 4 nitrogen and oxygen atoms in total. The standard InChI is InChI=1S/C13H16F2N4/c14-13(15)5-12(6-13)7-19(8-12)11-4-17-10(3-18-11)9-1-16-2-9/h3-4,9,16H,1-2,5-8H2. The molecule has 0 amide bonds. The first-order valence-corrected chi connectivity index (χ1v) is 6.71. The van der Waals surface area contributed by atoms with Crippen LogP contribution < -0.4 is 10.2 Å². The molecule has 1 aromatic rings. The first kappa shape index (κ1) is 11.5. The Labute approximate surface area is 110 Å². The number of nitrogens with one attached hydrogen (secondary N) is 1. The van der Waals surface area contributed by atoms with Gasteiger partial charge in [0.1, 0.15) is 5.82 Å². The molecule has 1 saturated carbocycles. The predicted octanol–water partition coefficient (Wildman–Crippen LogP) is 1.40. The molecule has 3 fully saturated rings. The molecule has 6 heteroatoms. The van der Waals surface area contributed by atoms with E-state index in [2.05, 4.69) is 15.3 Å². The molecule has 2 aliphatic heterocycles. The van der Waals surface area contributed by atoms with E-state index in [1.54, 1.807) is 6.20 Å². The van der Waals surface area contributed by atoms with Crippen LogP contribution in [-0.2, 0) is 0 Å². The molecule has 0 radical (unpaired) electrons. The Bertz CT molecular complexity index is 482. The second-order valence-electron chi connectivity index (χ2n) is 6.22. The van der Waals surface area contributed by atoms with Gasteiger partial charge in [0.25, 0.3) is 0 Å². The minimum Gasteiger partial charge on any atom is -0.354 e. The highest BCUT2D eigenvalue weighted by Crippen LogP contribution is 2.57. The van der Waals surface area contributed by atoms with E-state index < -0.39 is 5.92 Å². The van der Waals surface area contributed by atoms with Gasteiger partial charge in [-0.05, 0) is 0 Å². The van der Waals surface area contributed by atoms with E-state index in [-0.39, 0.29) is 18.3 Å². The second kappa shape index (κ2) is 3.62. The number of anilines is 1. The Morgan fingerprint density at radius 2 is 1.89 bits per heavy atom. The molecule has 0 unspecified atom stereocenters. The van der Waals surface area contributed by atoms with Crippen LogP contribution in [0.3, 0.4) is 0 Å². The lowest BCUT2D eigenvalue weighted by atomic mass is 9.61. The van der Waals surface area contributed by atoms with E-state index in [0.29, 0.717) is 19.0 Å². The van der Waals surface area contributed by atoms with Gasteiger partial charge in [0.15, 0.2) is 0 Å². The Kier molecular flexibility index (Phi) is 2.20. The van der Waals surface area contributed by atoms with Crippen molar-refractivity contribution in [1.82, 2.24) is 15.3 Å². The van der Waals surface area contributed by atoms with Gasteiger partial charge < -0.3 is 10.2 Å². The Balaban J connectivity index is 1.39. The quantitative estimate of drug-likeness (QED) is 0.878. The van der Waals surface area contributed by atoms with Gasteiger partial charge in [-0.2, -0.15) is 0 Å². The lowest BCUT2D eigenvalue weighted by Crippen LogP contribution is -2.66. The van der Waals surface area contributed by atoms with E-state index >= 15 is 0 Å². The molecule has 1 aliphatic carbocycles. The van der Waals surface area contributed by atoms with Gasteiger partial charge >= 0.3 is 0 Å². The van der Waals surface area contributed by atoms with Gasteiger partial charge in [0.2, 0.25) is 5.92 Å². The zero-order valence-electron chi connectivity index (χ0n) is 10.6. The van der Waals surface area contributed by atoms with Crippen molar-refractivity contribution < 1.29 is 8.78 Å². The monoisotopic (exact) mass is 266 g/mol. The molecule has 4 rings (SSSR count). The molecule has 0 aromatic carbocycles. The molecule has 3 aliphatic rings. The number of hydrogen-bond donors (Lipinski definition) is 1. The highest BCUT2D eigenvalue weighted by atomic mass is 19.3. The molecular weight excluding hydrogens is 250 g/mol. The normalized spacial score (nSPS) is 27.6. The smallest absolute Gasteiger partial charge is 0.249 e. The Hall–Kier alpha value is -1.30. The van der Waals surface area contributed by atoms with Crippen LogP contribution in [-0.4, -0.2) is 42.1 Å². The van der Waals surface area contributed by atoms with Gasteiger partial charge in [-0.15, -0.1) is 0 Å². The summed E-state index contributed by atoms with van der Waals surface area (Å²) in [6.07, 6.45) is 3.67. The van der Waals surface area contributed by atoms with Crippen molar-refractivity contribution >= 4 is 5.82 Å².